The third-order valence-corrected chi connectivity index (χ3v) is 6.29. The maximum atomic E-state index is 12.9. The van der Waals surface area contributed by atoms with E-state index < -0.39 is 4.92 Å². The number of aliphatic hydroxyl groups is 1. The van der Waals surface area contributed by atoms with Crippen LogP contribution in [0.2, 0.25) is 0 Å². The zero-order valence-corrected chi connectivity index (χ0v) is 17.7. The molecule has 2 aromatic carbocycles. The number of hydrogen-bond donors (Lipinski definition) is 1. The Morgan fingerprint density at radius 2 is 2.10 bits per heavy atom. The number of carbonyl (C=O) groups is 1. The number of para-hydroxylation sites is 2. The highest BCUT2D eigenvalue weighted by molar-refractivity contribution is 8.27. The molecule has 7 nitrogen and oxygen atoms in total. The van der Waals surface area contributed by atoms with Crippen LogP contribution < -0.4 is 9.64 Å². The maximum absolute atomic E-state index is 12.9. The van der Waals surface area contributed by atoms with Crippen LogP contribution >= 0.6 is 35.7 Å². The lowest BCUT2D eigenvalue weighted by atomic mass is 10.2. The highest BCUT2D eigenvalue weighted by Crippen LogP contribution is 2.40. The number of nitrogens with zero attached hydrogens (tertiary/aromatic N) is 2. The van der Waals surface area contributed by atoms with E-state index in [1.807, 2.05) is 0 Å². The first-order chi connectivity index (χ1) is 14.0. The van der Waals surface area contributed by atoms with Crippen LogP contribution in [0.25, 0.3) is 6.08 Å². The van der Waals surface area contributed by atoms with E-state index in [4.69, 9.17) is 22.1 Å². The van der Waals surface area contributed by atoms with Crippen molar-refractivity contribution in [1.82, 2.24) is 0 Å². The number of methoxy groups -OCH3 is 1. The summed E-state index contributed by atoms with van der Waals surface area (Å²) in [7, 11) is 1.52. The molecule has 150 valence electrons. The lowest BCUT2D eigenvalue weighted by Crippen LogP contribution is -2.27. The van der Waals surface area contributed by atoms with E-state index in [1.54, 1.807) is 42.5 Å². The Balaban J connectivity index is 1.93. The van der Waals surface area contributed by atoms with Gasteiger partial charge in [0, 0.05) is 11.8 Å². The molecule has 3 rings (SSSR count). The molecular formula is C19H16N2O5S3. The van der Waals surface area contributed by atoms with E-state index in [-0.39, 0.29) is 18.2 Å². The molecule has 1 fully saturated rings. The van der Waals surface area contributed by atoms with Gasteiger partial charge in [-0.25, -0.2) is 0 Å². The van der Waals surface area contributed by atoms with Gasteiger partial charge in [0.2, 0.25) is 0 Å². The van der Waals surface area contributed by atoms with Gasteiger partial charge in [-0.1, -0.05) is 42.2 Å². The Kier molecular flexibility index (Phi) is 6.91. The molecule has 0 aromatic heterocycles. The number of anilines is 1. The summed E-state index contributed by atoms with van der Waals surface area (Å²) in [6.45, 7) is -0.0744. The summed E-state index contributed by atoms with van der Waals surface area (Å²) in [5.41, 5.74) is 0.991. The van der Waals surface area contributed by atoms with Gasteiger partial charge in [-0.3, -0.25) is 19.8 Å². The third kappa shape index (κ3) is 4.61. The Labute approximate surface area is 180 Å². The van der Waals surface area contributed by atoms with E-state index in [1.165, 1.54) is 29.8 Å². The van der Waals surface area contributed by atoms with Crippen LogP contribution in [0.3, 0.4) is 0 Å². The maximum Gasteiger partial charge on any atom is 0.283 e. The fraction of sp³-hybridized carbons (Fsp3) is 0.158. The van der Waals surface area contributed by atoms with E-state index in [9.17, 15) is 14.9 Å². The number of thiocarbonyl (C=S) groups is 1. The number of carbonyl (C=O) groups excluding carboxylic acids is 1. The second kappa shape index (κ2) is 9.40. The second-order valence-electron chi connectivity index (χ2n) is 5.75. The molecule has 0 atom stereocenters. The first-order valence-electron chi connectivity index (χ1n) is 8.39. The van der Waals surface area contributed by atoms with E-state index in [0.29, 0.717) is 36.9 Å². The minimum absolute atomic E-state index is 0.0718. The molecule has 0 unspecified atom stereocenters. The number of ether oxygens (including phenoxy) is 1. The first-order valence-corrected chi connectivity index (χ1v) is 10.6. The van der Waals surface area contributed by atoms with Gasteiger partial charge in [0.25, 0.3) is 11.6 Å². The molecule has 1 aliphatic heterocycles. The number of nitro benzene ring substituents is 1. The third-order valence-electron chi connectivity index (χ3n) is 3.95. The van der Waals surface area contributed by atoms with Crippen molar-refractivity contribution in [2.45, 2.75) is 4.90 Å². The van der Waals surface area contributed by atoms with Crippen LogP contribution in [0.4, 0.5) is 11.4 Å². The average Bonchev–Trinajstić information content (AvgIpc) is 2.99. The lowest BCUT2D eigenvalue weighted by Gasteiger charge is -2.17. The molecule has 0 aliphatic carbocycles. The van der Waals surface area contributed by atoms with Gasteiger partial charge in [-0.15, -0.1) is 11.8 Å². The van der Waals surface area contributed by atoms with Gasteiger partial charge in [0.1, 0.15) is 5.75 Å². The predicted octanol–water partition coefficient (Wildman–Crippen LogP) is 4.09. The second-order valence-corrected chi connectivity index (χ2v) is 8.56. The molecule has 0 saturated carbocycles. The smallest absolute Gasteiger partial charge is 0.283 e. The van der Waals surface area contributed by atoms with Gasteiger partial charge in [0.05, 0.1) is 34.1 Å². The minimum atomic E-state index is -0.475. The Hall–Kier alpha value is -2.40. The minimum Gasteiger partial charge on any atom is -0.495 e. The zero-order chi connectivity index (χ0) is 21.0. The van der Waals surface area contributed by atoms with Crippen molar-refractivity contribution in [2.75, 3.05) is 24.4 Å². The van der Waals surface area contributed by atoms with Gasteiger partial charge in [-0.05, 0) is 29.8 Å². The topological polar surface area (TPSA) is 92.9 Å². The summed E-state index contributed by atoms with van der Waals surface area (Å²) < 4.78 is 5.67. The Morgan fingerprint density at radius 3 is 2.79 bits per heavy atom. The van der Waals surface area contributed by atoms with Gasteiger partial charge >= 0.3 is 0 Å². The van der Waals surface area contributed by atoms with E-state index in [0.717, 1.165) is 11.8 Å². The van der Waals surface area contributed by atoms with Crippen molar-refractivity contribution in [3.63, 3.8) is 0 Å². The van der Waals surface area contributed by atoms with Crippen molar-refractivity contribution in [3.05, 3.63) is 63.0 Å². The molecular weight excluding hydrogens is 432 g/mol. The molecule has 10 heteroatoms. The van der Waals surface area contributed by atoms with Crippen LogP contribution in [-0.2, 0) is 4.79 Å². The number of benzene rings is 2. The van der Waals surface area contributed by atoms with Crippen LogP contribution in [0.1, 0.15) is 5.56 Å². The standard InChI is InChI=1S/C19H16N2O5S3/c1-26-15-5-3-2-4-13(15)20-18(23)17(29-19(20)27)11-12-6-7-16(28-9-8-22)14(10-12)21(24)25/h2-7,10-11,22H,8-9H2,1H3/b17-11-. The number of thioether (sulfide) groups is 2. The molecule has 2 aromatic rings. The van der Waals surface area contributed by atoms with Gasteiger partial charge in [0.15, 0.2) is 4.32 Å². The number of hydrogen-bond acceptors (Lipinski definition) is 8. The van der Waals surface area contributed by atoms with E-state index in [2.05, 4.69) is 0 Å². The molecule has 1 amide bonds. The summed E-state index contributed by atoms with van der Waals surface area (Å²) in [6, 6.07) is 11.8. The number of rotatable bonds is 7. The SMILES string of the molecule is COc1ccccc1N1C(=O)/C(=C/c2ccc(SCCO)c([N+](=O)[O-])c2)SC1=S. The summed E-state index contributed by atoms with van der Waals surface area (Å²) in [5.74, 6) is 0.564. The van der Waals surface area contributed by atoms with Gasteiger partial charge < -0.3 is 9.84 Å². The fourth-order valence-corrected chi connectivity index (χ4v) is 4.73. The summed E-state index contributed by atoms with van der Waals surface area (Å²) in [6.07, 6.45) is 1.59. The number of amides is 1. The van der Waals surface area contributed by atoms with Crippen LogP contribution in [0, 0.1) is 10.1 Å². The molecule has 1 saturated heterocycles. The Bertz CT molecular complexity index is 1010. The van der Waals surface area contributed by atoms with Gasteiger partial charge in [-0.2, -0.15) is 0 Å². The monoisotopic (exact) mass is 448 g/mol. The number of aliphatic hydroxyl groups excluding tert-OH is 1. The van der Waals surface area contributed by atoms with Crippen molar-refractivity contribution in [3.8, 4) is 5.75 Å². The predicted molar refractivity (Wildman–Crippen MR) is 120 cm³/mol. The molecule has 0 spiro atoms. The summed E-state index contributed by atoms with van der Waals surface area (Å²) >= 11 is 7.70. The normalized spacial score (nSPS) is 15.2. The first kappa shape index (κ1) is 21.3. The number of nitro groups is 1. The van der Waals surface area contributed by atoms with Crippen molar-refractivity contribution < 1.29 is 19.6 Å². The molecule has 1 N–H and O–H groups in total. The quantitative estimate of drug-likeness (QED) is 0.223. The van der Waals surface area contributed by atoms with Crippen LogP contribution in [0.15, 0.2) is 52.3 Å². The van der Waals surface area contributed by atoms with Crippen LogP contribution in [0.5, 0.6) is 5.75 Å². The average molecular weight is 449 g/mol. The highest BCUT2D eigenvalue weighted by Gasteiger charge is 2.35. The molecule has 1 aliphatic rings. The Morgan fingerprint density at radius 1 is 1.34 bits per heavy atom. The lowest BCUT2D eigenvalue weighted by molar-refractivity contribution is -0.387. The largest absolute Gasteiger partial charge is 0.495 e. The molecule has 1 heterocycles. The van der Waals surface area contributed by atoms with Crippen molar-refractivity contribution >= 4 is 63.4 Å². The van der Waals surface area contributed by atoms with Crippen molar-refractivity contribution in [2.24, 2.45) is 0 Å². The molecule has 29 heavy (non-hydrogen) atoms. The molecule has 0 radical (unpaired) electrons. The zero-order valence-electron chi connectivity index (χ0n) is 15.2. The van der Waals surface area contributed by atoms with Crippen molar-refractivity contribution in [1.29, 1.82) is 0 Å². The molecule has 0 bridgehead atoms. The summed E-state index contributed by atoms with van der Waals surface area (Å²) in [5, 5.41) is 20.3. The highest BCUT2D eigenvalue weighted by atomic mass is 32.2. The van der Waals surface area contributed by atoms with Crippen LogP contribution in [-0.4, -0.2) is 39.7 Å². The fourth-order valence-electron chi connectivity index (χ4n) is 2.69. The van der Waals surface area contributed by atoms with E-state index >= 15 is 0 Å². The summed E-state index contributed by atoms with van der Waals surface area (Å²) in [4.78, 5) is 26.1.